The molecular formula is C16H23N3O2. The zero-order valence-electron chi connectivity index (χ0n) is 12.5. The molecule has 1 heterocycles. The highest BCUT2D eigenvalue weighted by atomic mass is 16.5. The topological polar surface area (TPSA) is 69.8 Å². The number of amides is 1. The molecule has 5 nitrogen and oxygen atoms in total. The van der Waals surface area contributed by atoms with E-state index < -0.39 is 5.17 Å². The molecule has 0 radical (unpaired) electrons. The largest absolute Gasteiger partial charge is 0.599 e. The summed E-state index contributed by atoms with van der Waals surface area (Å²) in [4.78, 5) is 15.8. The van der Waals surface area contributed by atoms with E-state index >= 15 is 0 Å². The fourth-order valence-corrected chi connectivity index (χ4v) is 2.79. The quantitative estimate of drug-likeness (QED) is 0.666. The molecule has 114 valence electrons. The molecule has 1 aromatic heterocycles. The first-order chi connectivity index (χ1) is 10.2. The number of carbonyl (C=O) groups is 1. The highest BCUT2D eigenvalue weighted by molar-refractivity contribution is 5.98. The minimum Gasteiger partial charge on any atom is -0.599 e. The summed E-state index contributed by atoms with van der Waals surface area (Å²) in [5, 5.41) is 15.1. The van der Waals surface area contributed by atoms with E-state index in [0.29, 0.717) is 18.1 Å². The molecule has 5 heteroatoms. The zero-order chi connectivity index (χ0) is 15.1. The predicted octanol–water partition coefficient (Wildman–Crippen LogP) is 2.08. The van der Waals surface area contributed by atoms with Gasteiger partial charge in [-0.05, 0) is 31.4 Å². The van der Waals surface area contributed by atoms with Crippen molar-refractivity contribution in [1.29, 1.82) is 0 Å². The van der Waals surface area contributed by atoms with Gasteiger partial charge in [0.2, 0.25) is 0 Å². The Bertz CT molecular complexity index is 482. The molecule has 1 saturated carbocycles. The van der Waals surface area contributed by atoms with Gasteiger partial charge in [-0.3, -0.25) is 4.98 Å². The van der Waals surface area contributed by atoms with E-state index in [4.69, 9.17) is 0 Å². The van der Waals surface area contributed by atoms with E-state index in [9.17, 15) is 10.0 Å². The first-order valence-corrected chi connectivity index (χ1v) is 7.69. The SMILES string of the molecule is CC(=N[NH+]([O-])C(=O)CCC1CCCCC1)c1ccncc1. The molecule has 1 atom stereocenters. The Balaban J connectivity index is 1.84. The zero-order valence-corrected chi connectivity index (χ0v) is 12.5. The maximum atomic E-state index is 11.9. The van der Waals surface area contributed by atoms with Gasteiger partial charge in [-0.15, -0.1) is 0 Å². The molecule has 2 rings (SSSR count). The number of hydrogen-bond acceptors (Lipinski definition) is 4. The lowest BCUT2D eigenvalue weighted by atomic mass is 9.86. The first kappa shape index (κ1) is 15.8. The number of pyridine rings is 1. The number of hydrogen-bond donors (Lipinski definition) is 1. The molecule has 0 saturated heterocycles. The Hall–Kier alpha value is -1.59. The van der Waals surface area contributed by atoms with Crippen molar-refractivity contribution >= 4 is 11.6 Å². The summed E-state index contributed by atoms with van der Waals surface area (Å²) in [7, 11) is 0. The van der Waals surface area contributed by atoms with E-state index in [0.717, 1.165) is 12.0 Å². The summed E-state index contributed by atoms with van der Waals surface area (Å²) >= 11 is 0. The summed E-state index contributed by atoms with van der Waals surface area (Å²) < 4.78 is 0. The molecule has 1 aliphatic carbocycles. The fourth-order valence-electron chi connectivity index (χ4n) is 2.79. The van der Waals surface area contributed by atoms with Crippen LogP contribution in [-0.2, 0) is 4.79 Å². The summed E-state index contributed by atoms with van der Waals surface area (Å²) in [6, 6.07) is 3.55. The van der Waals surface area contributed by atoms with Crippen molar-refractivity contribution in [3.8, 4) is 0 Å². The minimum absolute atomic E-state index is 0.330. The van der Waals surface area contributed by atoms with Crippen molar-refractivity contribution in [2.45, 2.75) is 51.9 Å². The number of aromatic nitrogens is 1. The van der Waals surface area contributed by atoms with E-state index in [1.54, 1.807) is 31.5 Å². The highest BCUT2D eigenvalue weighted by Gasteiger charge is 2.18. The minimum atomic E-state index is -0.625. The molecule has 0 bridgehead atoms. The van der Waals surface area contributed by atoms with Gasteiger partial charge in [0.15, 0.2) is 0 Å². The van der Waals surface area contributed by atoms with Crippen LogP contribution in [0.4, 0.5) is 0 Å². The van der Waals surface area contributed by atoms with E-state index in [1.165, 1.54) is 32.1 Å². The van der Waals surface area contributed by atoms with Crippen molar-refractivity contribution in [1.82, 2.24) is 4.98 Å². The summed E-state index contributed by atoms with van der Waals surface area (Å²) in [6.07, 6.45) is 10.6. The van der Waals surface area contributed by atoms with Crippen molar-refractivity contribution in [3.63, 3.8) is 0 Å². The number of carbonyl (C=O) groups excluding carboxylic acids is 1. The van der Waals surface area contributed by atoms with Gasteiger partial charge in [0.25, 0.3) is 0 Å². The predicted molar refractivity (Wildman–Crippen MR) is 81.6 cm³/mol. The van der Waals surface area contributed by atoms with E-state index in [-0.39, 0.29) is 5.91 Å². The molecule has 1 aliphatic rings. The standard InChI is InChI=1S/C16H23N3O2/c1-13(15-9-11-17-12-10-15)18-19(21)16(20)8-7-14-5-3-2-4-6-14/h9-12,14,19H,2-8H2,1H3. The second-order valence-electron chi connectivity index (χ2n) is 5.70. The smallest absolute Gasteiger partial charge is 0.338 e. The molecular weight excluding hydrogens is 266 g/mol. The van der Waals surface area contributed by atoms with Gasteiger partial charge in [-0.1, -0.05) is 37.2 Å². The molecule has 1 amide bonds. The normalized spacial score (nSPS) is 18.5. The summed E-state index contributed by atoms with van der Waals surface area (Å²) in [5.41, 5.74) is 1.38. The lowest BCUT2D eigenvalue weighted by Gasteiger charge is -2.21. The van der Waals surface area contributed by atoms with Crippen LogP contribution in [0.5, 0.6) is 0 Å². The number of nitrogens with zero attached hydrogens (tertiary/aromatic N) is 2. The first-order valence-electron chi connectivity index (χ1n) is 7.69. The average molecular weight is 289 g/mol. The molecule has 0 spiro atoms. The molecule has 1 N–H and O–H groups in total. The van der Waals surface area contributed by atoms with Crippen LogP contribution in [0, 0.1) is 11.1 Å². The monoisotopic (exact) mass is 289 g/mol. The van der Waals surface area contributed by atoms with Crippen molar-refractivity contribution in [3.05, 3.63) is 35.3 Å². The van der Waals surface area contributed by atoms with Gasteiger partial charge >= 0.3 is 5.91 Å². The summed E-state index contributed by atoms with van der Waals surface area (Å²) in [5.74, 6) is 0.245. The van der Waals surface area contributed by atoms with Crippen LogP contribution in [0.2, 0.25) is 0 Å². The Morgan fingerprint density at radius 3 is 2.67 bits per heavy atom. The van der Waals surface area contributed by atoms with Crippen LogP contribution in [-0.4, -0.2) is 16.6 Å². The van der Waals surface area contributed by atoms with Gasteiger partial charge in [0, 0.05) is 18.0 Å². The van der Waals surface area contributed by atoms with E-state index in [2.05, 4.69) is 10.1 Å². The number of hydroxylamine groups is 1. The van der Waals surface area contributed by atoms with Crippen LogP contribution >= 0.6 is 0 Å². The van der Waals surface area contributed by atoms with E-state index in [1.807, 2.05) is 0 Å². The Kier molecular flexibility index (Phi) is 6.02. The second kappa shape index (κ2) is 8.00. The number of quaternary nitrogens is 1. The lowest BCUT2D eigenvalue weighted by molar-refractivity contribution is -0.772. The van der Waals surface area contributed by atoms with Gasteiger partial charge in [-0.2, -0.15) is 5.17 Å². The van der Waals surface area contributed by atoms with Crippen molar-refractivity contribution in [2.75, 3.05) is 0 Å². The third-order valence-corrected chi connectivity index (χ3v) is 4.11. The molecule has 1 fully saturated rings. The molecule has 1 aromatic rings. The van der Waals surface area contributed by atoms with Crippen LogP contribution in [0.15, 0.2) is 29.6 Å². The second-order valence-corrected chi connectivity index (χ2v) is 5.70. The third-order valence-electron chi connectivity index (χ3n) is 4.11. The van der Waals surface area contributed by atoms with Gasteiger partial charge in [0.1, 0.15) is 5.71 Å². The van der Waals surface area contributed by atoms with Crippen LogP contribution in [0.1, 0.15) is 57.4 Å². The van der Waals surface area contributed by atoms with Crippen LogP contribution in [0.3, 0.4) is 0 Å². The molecule has 0 aliphatic heterocycles. The lowest BCUT2D eigenvalue weighted by Crippen LogP contribution is -3.05. The Labute approximate surface area is 125 Å². The molecule has 0 aromatic carbocycles. The highest BCUT2D eigenvalue weighted by Crippen LogP contribution is 2.26. The fraction of sp³-hybridized carbons (Fsp3) is 0.562. The van der Waals surface area contributed by atoms with Crippen molar-refractivity contribution in [2.24, 2.45) is 11.0 Å². The third kappa shape index (κ3) is 5.02. The Morgan fingerprint density at radius 1 is 1.33 bits per heavy atom. The van der Waals surface area contributed by atoms with Gasteiger partial charge < -0.3 is 5.21 Å². The number of nitrogens with one attached hydrogen (secondary N) is 1. The van der Waals surface area contributed by atoms with Gasteiger partial charge in [0.05, 0.1) is 6.42 Å². The van der Waals surface area contributed by atoms with Crippen LogP contribution < -0.4 is 5.17 Å². The molecule has 1 unspecified atom stereocenters. The maximum absolute atomic E-state index is 11.9. The summed E-state index contributed by atoms with van der Waals surface area (Å²) in [6.45, 7) is 1.74. The maximum Gasteiger partial charge on any atom is 0.338 e. The molecule has 21 heavy (non-hydrogen) atoms. The number of rotatable bonds is 5. The van der Waals surface area contributed by atoms with Crippen molar-refractivity contribution < 1.29 is 9.97 Å². The average Bonchev–Trinajstić information content (AvgIpc) is 2.54. The van der Waals surface area contributed by atoms with Crippen LogP contribution in [0.25, 0.3) is 0 Å². The Morgan fingerprint density at radius 2 is 2.00 bits per heavy atom. The van der Waals surface area contributed by atoms with Gasteiger partial charge in [-0.25, -0.2) is 4.79 Å².